The Bertz CT molecular complexity index is 831. The topological polar surface area (TPSA) is 42.0 Å². The summed E-state index contributed by atoms with van der Waals surface area (Å²) in [5.41, 5.74) is 4.38. The Labute approximate surface area is 139 Å². The SMILES string of the molecule is Cc1cc(C)c2nc(NC(=O)c3cc(C)c(Br)s3)sc2c1. The molecule has 1 N–H and O–H groups in total. The van der Waals surface area contributed by atoms with Crippen molar-refractivity contribution in [3.05, 3.63) is 43.6 Å². The van der Waals surface area contributed by atoms with Crippen LogP contribution in [0.4, 0.5) is 5.13 Å². The monoisotopic (exact) mass is 380 g/mol. The molecular weight excluding hydrogens is 368 g/mol. The summed E-state index contributed by atoms with van der Waals surface area (Å²) in [6.45, 7) is 6.08. The van der Waals surface area contributed by atoms with Gasteiger partial charge in [0.1, 0.15) is 0 Å². The van der Waals surface area contributed by atoms with E-state index >= 15 is 0 Å². The molecule has 0 bridgehead atoms. The maximum Gasteiger partial charge on any atom is 0.267 e. The van der Waals surface area contributed by atoms with Gasteiger partial charge in [-0.1, -0.05) is 17.4 Å². The minimum absolute atomic E-state index is 0.109. The lowest BCUT2D eigenvalue weighted by Crippen LogP contribution is -2.09. The zero-order valence-electron chi connectivity index (χ0n) is 11.8. The molecule has 0 unspecified atom stereocenters. The first-order valence-electron chi connectivity index (χ1n) is 6.39. The number of hydrogen-bond donors (Lipinski definition) is 1. The second-order valence-corrected chi connectivity index (χ2v) is 8.37. The predicted molar refractivity (Wildman–Crippen MR) is 93.8 cm³/mol. The quantitative estimate of drug-likeness (QED) is 0.655. The van der Waals surface area contributed by atoms with Crippen LogP contribution in [-0.2, 0) is 0 Å². The van der Waals surface area contributed by atoms with Crippen LogP contribution in [0.2, 0.25) is 0 Å². The van der Waals surface area contributed by atoms with Crippen molar-refractivity contribution < 1.29 is 4.79 Å². The summed E-state index contributed by atoms with van der Waals surface area (Å²) in [7, 11) is 0. The van der Waals surface area contributed by atoms with Crippen LogP contribution in [0.5, 0.6) is 0 Å². The molecule has 2 heterocycles. The van der Waals surface area contributed by atoms with Crippen molar-refractivity contribution in [2.45, 2.75) is 20.8 Å². The molecule has 0 spiro atoms. The summed E-state index contributed by atoms with van der Waals surface area (Å²) in [5.74, 6) is -0.109. The number of nitrogens with one attached hydrogen (secondary N) is 1. The van der Waals surface area contributed by atoms with Crippen molar-refractivity contribution in [3.8, 4) is 0 Å². The number of carbonyl (C=O) groups is 1. The zero-order valence-corrected chi connectivity index (χ0v) is 15.0. The molecule has 0 saturated carbocycles. The third kappa shape index (κ3) is 2.88. The third-order valence-corrected chi connectivity index (χ3v) is 6.18. The van der Waals surface area contributed by atoms with Crippen LogP contribution in [0.25, 0.3) is 10.2 Å². The van der Waals surface area contributed by atoms with Crippen LogP contribution in [0.3, 0.4) is 0 Å². The minimum atomic E-state index is -0.109. The van der Waals surface area contributed by atoms with Gasteiger partial charge in [-0.25, -0.2) is 4.98 Å². The van der Waals surface area contributed by atoms with Crippen molar-refractivity contribution in [1.82, 2.24) is 4.98 Å². The highest BCUT2D eigenvalue weighted by Crippen LogP contribution is 2.31. The summed E-state index contributed by atoms with van der Waals surface area (Å²) < 4.78 is 2.09. The molecule has 108 valence electrons. The number of aromatic nitrogens is 1. The van der Waals surface area contributed by atoms with E-state index in [2.05, 4.69) is 45.3 Å². The van der Waals surface area contributed by atoms with Crippen molar-refractivity contribution >= 4 is 59.9 Å². The van der Waals surface area contributed by atoms with Gasteiger partial charge in [-0.2, -0.15) is 0 Å². The molecule has 0 saturated heterocycles. The molecule has 0 fully saturated rings. The van der Waals surface area contributed by atoms with E-state index < -0.39 is 0 Å². The summed E-state index contributed by atoms with van der Waals surface area (Å²) in [5, 5.41) is 3.54. The lowest BCUT2D eigenvalue weighted by molar-refractivity contribution is 0.103. The normalized spacial score (nSPS) is 11.0. The lowest BCUT2D eigenvalue weighted by Gasteiger charge is -1.97. The molecule has 1 amide bonds. The van der Waals surface area contributed by atoms with Gasteiger partial charge in [0, 0.05) is 0 Å². The Balaban J connectivity index is 1.91. The van der Waals surface area contributed by atoms with Gasteiger partial charge < -0.3 is 0 Å². The molecule has 0 radical (unpaired) electrons. The zero-order chi connectivity index (χ0) is 15.1. The van der Waals surface area contributed by atoms with Gasteiger partial charge >= 0.3 is 0 Å². The highest BCUT2D eigenvalue weighted by atomic mass is 79.9. The molecule has 6 heteroatoms. The first-order valence-corrected chi connectivity index (χ1v) is 8.81. The van der Waals surface area contributed by atoms with Gasteiger partial charge in [0.15, 0.2) is 5.13 Å². The number of halogens is 1. The molecule has 1 aromatic carbocycles. The largest absolute Gasteiger partial charge is 0.297 e. The van der Waals surface area contributed by atoms with Gasteiger partial charge in [-0.05, 0) is 65.5 Å². The van der Waals surface area contributed by atoms with Crippen LogP contribution in [0.1, 0.15) is 26.4 Å². The van der Waals surface area contributed by atoms with Crippen molar-refractivity contribution in [3.63, 3.8) is 0 Å². The van der Waals surface area contributed by atoms with Gasteiger partial charge in [-0.3, -0.25) is 10.1 Å². The van der Waals surface area contributed by atoms with Crippen LogP contribution < -0.4 is 5.32 Å². The number of thiophene rings is 1. The van der Waals surface area contributed by atoms with Crippen LogP contribution in [0.15, 0.2) is 22.0 Å². The number of amides is 1. The molecule has 0 aliphatic rings. The fourth-order valence-corrected chi connectivity index (χ4v) is 4.62. The van der Waals surface area contributed by atoms with Crippen molar-refractivity contribution in [2.24, 2.45) is 0 Å². The fraction of sp³-hybridized carbons (Fsp3) is 0.200. The molecule has 3 rings (SSSR count). The highest BCUT2D eigenvalue weighted by molar-refractivity contribution is 9.11. The smallest absolute Gasteiger partial charge is 0.267 e. The average molecular weight is 381 g/mol. The molecule has 21 heavy (non-hydrogen) atoms. The van der Waals surface area contributed by atoms with E-state index in [1.54, 1.807) is 0 Å². The number of carbonyl (C=O) groups excluding carboxylic acids is 1. The number of anilines is 1. The molecule has 3 aromatic rings. The first kappa shape index (κ1) is 14.7. The van der Waals surface area contributed by atoms with E-state index in [-0.39, 0.29) is 5.91 Å². The van der Waals surface area contributed by atoms with Crippen molar-refractivity contribution in [1.29, 1.82) is 0 Å². The molecule has 3 nitrogen and oxygen atoms in total. The second kappa shape index (κ2) is 5.51. The first-order chi connectivity index (χ1) is 9.94. The average Bonchev–Trinajstić information content (AvgIpc) is 2.94. The fourth-order valence-electron chi connectivity index (χ4n) is 2.15. The minimum Gasteiger partial charge on any atom is -0.297 e. The Morgan fingerprint density at radius 3 is 2.57 bits per heavy atom. The number of aryl methyl sites for hydroxylation is 3. The van der Waals surface area contributed by atoms with E-state index in [1.165, 1.54) is 28.2 Å². The van der Waals surface area contributed by atoms with E-state index in [9.17, 15) is 4.79 Å². The molecule has 2 aromatic heterocycles. The van der Waals surface area contributed by atoms with Gasteiger partial charge in [0.05, 0.1) is 18.9 Å². The Kier molecular flexibility index (Phi) is 3.86. The van der Waals surface area contributed by atoms with Crippen LogP contribution >= 0.6 is 38.6 Å². The van der Waals surface area contributed by atoms with E-state index in [4.69, 9.17) is 0 Å². The Hall–Kier alpha value is -1.24. The van der Waals surface area contributed by atoms with E-state index in [0.29, 0.717) is 10.0 Å². The highest BCUT2D eigenvalue weighted by Gasteiger charge is 2.14. The second-order valence-electron chi connectivity index (χ2n) is 4.97. The maximum atomic E-state index is 12.3. The number of fused-ring (bicyclic) bond motifs is 1. The third-order valence-electron chi connectivity index (χ3n) is 3.13. The summed E-state index contributed by atoms with van der Waals surface area (Å²) in [6.07, 6.45) is 0. The molecular formula is C15H13BrN2OS2. The number of rotatable bonds is 2. The lowest BCUT2D eigenvalue weighted by atomic mass is 10.1. The van der Waals surface area contributed by atoms with Crippen molar-refractivity contribution in [2.75, 3.05) is 5.32 Å². The molecule has 0 aliphatic carbocycles. The Morgan fingerprint density at radius 2 is 1.90 bits per heavy atom. The molecule has 0 atom stereocenters. The number of thiazole rings is 1. The van der Waals surface area contributed by atoms with E-state index in [1.807, 2.05) is 19.9 Å². The number of hydrogen-bond acceptors (Lipinski definition) is 4. The molecule has 0 aliphatic heterocycles. The van der Waals surface area contributed by atoms with Gasteiger partial charge in [0.25, 0.3) is 5.91 Å². The Morgan fingerprint density at radius 1 is 1.14 bits per heavy atom. The standard InChI is InChI=1S/C15H13BrN2OS2/c1-7-4-8(2)12-10(5-7)21-15(17-12)18-14(19)11-6-9(3)13(16)20-11/h4-6H,1-3H3,(H,17,18,19). The van der Waals surface area contributed by atoms with Crippen LogP contribution in [0, 0.1) is 20.8 Å². The van der Waals surface area contributed by atoms with E-state index in [0.717, 1.165) is 25.1 Å². The maximum absolute atomic E-state index is 12.3. The summed E-state index contributed by atoms with van der Waals surface area (Å²) in [4.78, 5) is 17.5. The van der Waals surface area contributed by atoms with Gasteiger partial charge in [-0.15, -0.1) is 11.3 Å². The summed E-state index contributed by atoms with van der Waals surface area (Å²) in [6, 6.07) is 6.09. The predicted octanol–water partition coefficient (Wildman–Crippen LogP) is 5.30. The van der Waals surface area contributed by atoms with Gasteiger partial charge in [0.2, 0.25) is 0 Å². The van der Waals surface area contributed by atoms with Crippen LogP contribution in [-0.4, -0.2) is 10.9 Å². The number of benzene rings is 1. The number of nitrogens with zero attached hydrogens (tertiary/aromatic N) is 1. The summed E-state index contributed by atoms with van der Waals surface area (Å²) >= 11 is 6.39.